The lowest BCUT2D eigenvalue weighted by molar-refractivity contribution is 0.954. The summed E-state index contributed by atoms with van der Waals surface area (Å²) in [6.07, 6.45) is 3.56. The van der Waals surface area contributed by atoms with Gasteiger partial charge in [-0.05, 0) is 52.8 Å². The van der Waals surface area contributed by atoms with Crippen LogP contribution in [0, 0.1) is 10.5 Å². The lowest BCUT2D eigenvalue weighted by atomic mass is 10.7. The third-order valence-corrected chi connectivity index (χ3v) is 3.58. The maximum Gasteiger partial charge on any atom is 0.194 e. The van der Waals surface area contributed by atoms with Crippen molar-refractivity contribution in [1.29, 1.82) is 0 Å². The smallest absolute Gasteiger partial charge is 0.194 e. The zero-order valence-corrected chi connectivity index (χ0v) is 10.9. The fourth-order valence-electron chi connectivity index (χ4n) is 0.751. The molecule has 0 fully saturated rings. The Bertz CT molecular complexity index is 428. The monoisotopic (exact) mass is 336 g/mol. The lowest BCUT2D eigenvalue weighted by Gasteiger charge is -1.93. The first-order chi connectivity index (χ1) is 6.74. The Morgan fingerprint density at radius 3 is 2.64 bits per heavy atom. The molecule has 0 aliphatic carbocycles. The number of halogens is 1. The van der Waals surface area contributed by atoms with Gasteiger partial charge in [-0.15, -0.1) is 0 Å². The number of hydrogen-bond acceptors (Lipinski definition) is 6. The van der Waals surface area contributed by atoms with Gasteiger partial charge in [0.25, 0.3) is 0 Å². The van der Waals surface area contributed by atoms with Crippen molar-refractivity contribution in [1.82, 2.24) is 19.3 Å². The maximum atomic E-state index is 4.22. The fraction of sp³-hybridized carbons (Fsp3) is 0.143. The standard InChI is InChI=1S/C7H5IN4S2/c1-4-11-7(14-12-4)13-6-9-2-5(8)3-10-6/h2-3H,1H3. The number of hydrogen-bond donors (Lipinski definition) is 0. The van der Waals surface area contributed by atoms with E-state index in [0.717, 1.165) is 13.7 Å². The topological polar surface area (TPSA) is 51.6 Å². The number of aryl methyl sites for hydroxylation is 1. The molecule has 2 aromatic heterocycles. The predicted octanol–water partition coefficient (Wildman–Crippen LogP) is 2.39. The minimum Gasteiger partial charge on any atom is -0.230 e. The van der Waals surface area contributed by atoms with Crippen LogP contribution >= 0.6 is 45.9 Å². The molecule has 2 heterocycles. The average molecular weight is 336 g/mol. The fourth-order valence-corrected chi connectivity index (χ4v) is 2.48. The second-order valence-electron chi connectivity index (χ2n) is 2.39. The van der Waals surface area contributed by atoms with Crippen LogP contribution in [0.25, 0.3) is 0 Å². The largest absolute Gasteiger partial charge is 0.230 e. The Morgan fingerprint density at radius 2 is 2.07 bits per heavy atom. The molecule has 2 rings (SSSR count). The van der Waals surface area contributed by atoms with E-state index in [2.05, 4.69) is 41.9 Å². The Balaban J connectivity index is 2.15. The number of nitrogens with zero attached hydrogens (tertiary/aromatic N) is 4. The van der Waals surface area contributed by atoms with E-state index in [0.29, 0.717) is 5.16 Å². The SMILES string of the molecule is Cc1nsc(Sc2ncc(I)cn2)n1. The Hall–Kier alpha value is -0.280. The van der Waals surface area contributed by atoms with Gasteiger partial charge in [0.1, 0.15) is 5.82 Å². The molecule has 0 aliphatic heterocycles. The summed E-state index contributed by atoms with van der Waals surface area (Å²) in [7, 11) is 0. The van der Waals surface area contributed by atoms with Gasteiger partial charge in [-0.25, -0.2) is 15.0 Å². The van der Waals surface area contributed by atoms with E-state index in [1.807, 2.05) is 6.92 Å². The van der Waals surface area contributed by atoms with E-state index in [1.54, 1.807) is 12.4 Å². The molecule has 0 saturated carbocycles. The van der Waals surface area contributed by atoms with Crippen LogP contribution in [-0.2, 0) is 0 Å². The maximum absolute atomic E-state index is 4.22. The molecule has 0 bridgehead atoms. The van der Waals surface area contributed by atoms with Gasteiger partial charge in [-0.3, -0.25) is 0 Å². The minimum atomic E-state index is 0.710. The van der Waals surface area contributed by atoms with Crippen LogP contribution in [-0.4, -0.2) is 19.3 Å². The second kappa shape index (κ2) is 4.49. The van der Waals surface area contributed by atoms with E-state index in [9.17, 15) is 0 Å². The Kier molecular flexibility index (Phi) is 3.29. The van der Waals surface area contributed by atoms with Crippen molar-refractivity contribution >= 4 is 45.9 Å². The number of aromatic nitrogens is 4. The first-order valence-electron chi connectivity index (χ1n) is 3.70. The van der Waals surface area contributed by atoms with Gasteiger partial charge in [-0.2, -0.15) is 4.37 Å². The third-order valence-electron chi connectivity index (χ3n) is 1.28. The molecule has 72 valence electrons. The summed E-state index contributed by atoms with van der Waals surface area (Å²) in [6, 6.07) is 0. The molecule has 2 aromatic rings. The highest BCUT2D eigenvalue weighted by molar-refractivity contribution is 14.1. The summed E-state index contributed by atoms with van der Waals surface area (Å²) < 4.78 is 5.99. The quantitative estimate of drug-likeness (QED) is 0.623. The van der Waals surface area contributed by atoms with Crippen LogP contribution in [0.2, 0.25) is 0 Å². The molecule has 0 aromatic carbocycles. The molecule has 0 N–H and O–H groups in total. The van der Waals surface area contributed by atoms with Crippen molar-refractivity contribution in [2.45, 2.75) is 16.4 Å². The van der Waals surface area contributed by atoms with Crippen molar-refractivity contribution in [3.8, 4) is 0 Å². The molecule has 7 heteroatoms. The molecule has 0 amide bonds. The van der Waals surface area contributed by atoms with Crippen molar-refractivity contribution in [3.63, 3.8) is 0 Å². The van der Waals surface area contributed by atoms with Crippen LogP contribution in [0.5, 0.6) is 0 Å². The first-order valence-corrected chi connectivity index (χ1v) is 6.36. The zero-order valence-electron chi connectivity index (χ0n) is 7.14. The third kappa shape index (κ3) is 2.61. The molecule has 4 nitrogen and oxygen atoms in total. The van der Waals surface area contributed by atoms with Gasteiger partial charge in [0.05, 0.1) is 0 Å². The zero-order chi connectivity index (χ0) is 9.97. The van der Waals surface area contributed by atoms with E-state index in [4.69, 9.17) is 0 Å². The van der Waals surface area contributed by atoms with Crippen LogP contribution in [0.4, 0.5) is 0 Å². The van der Waals surface area contributed by atoms with Crippen LogP contribution in [0.15, 0.2) is 21.9 Å². The number of rotatable bonds is 2. The highest BCUT2D eigenvalue weighted by atomic mass is 127. The summed E-state index contributed by atoms with van der Waals surface area (Å²) in [4.78, 5) is 12.5. The van der Waals surface area contributed by atoms with Crippen molar-refractivity contribution in [2.75, 3.05) is 0 Å². The molecule has 0 saturated heterocycles. The highest BCUT2D eigenvalue weighted by Crippen LogP contribution is 2.25. The Labute approximate surface area is 103 Å². The van der Waals surface area contributed by atoms with E-state index in [-0.39, 0.29) is 0 Å². The predicted molar refractivity (Wildman–Crippen MR) is 63.5 cm³/mol. The summed E-state index contributed by atoms with van der Waals surface area (Å²) in [5.41, 5.74) is 0. The molecule has 0 spiro atoms. The summed E-state index contributed by atoms with van der Waals surface area (Å²) >= 11 is 4.98. The van der Waals surface area contributed by atoms with Crippen molar-refractivity contribution in [3.05, 3.63) is 21.8 Å². The Morgan fingerprint density at radius 1 is 1.36 bits per heavy atom. The van der Waals surface area contributed by atoms with Gasteiger partial charge in [0, 0.05) is 16.0 Å². The minimum absolute atomic E-state index is 0.710. The highest BCUT2D eigenvalue weighted by Gasteiger charge is 2.04. The molecule has 0 radical (unpaired) electrons. The van der Waals surface area contributed by atoms with Gasteiger partial charge >= 0.3 is 0 Å². The van der Waals surface area contributed by atoms with Crippen LogP contribution < -0.4 is 0 Å². The normalized spacial score (nSPS) is 10.4. The van der Waals surface area contributed by atoms with Gasteiger partial charge in [0.15, 0.2) is 9.50 Å². The lowest BCUT2D eigenvalue weighted by Crippen LogP contribution is -1.85. The molecule has 0 aliphatic rings. The molecular weight excluding hydrogens is 331 g/mol. The summed E-state index contributed by atoms with van der Waals surface area (Å²) in [5.74, 6) is 0.794. The van der Waals surface area contributed by atoms with Crippen LogP contribution in [0.3, 0.4) is 0 Å². The molecule has 0 unspecified atom stereocenters. The van der Waals surface area contributed by atoms with Crippen molar-refractivity contribution in [2.24, 2.45) is 0 Å². The summed E-state index contributed by atoms with van der Waals surface area (Å²) in [6.45, 7) is 1.87. The van der Waals surface area contributed by atoms with Gasteiger partial charge in [0.2, 0.25) is 0 Å². The molecule has 14 heavy (non-hydrogen) atoms. The molecule has 0 atom stereocenters. The molecular formula is C7H5IN4S2. The average Bonchev–Trinajstić information content (AvgIpc) is 2.56. The van der Waals surface area contributed by atoms with E-state index < -0.39 is 0 Å². The van der Waals surface area contributed by atoms with Gasteiger partial charge in [-0.1, -0.05) is 0 Å². The van der Waals surface area contributed by atoms with E-state index in [1.165, 1.54) is 23.3 Å². The van der Waals surface area contributed by atoms with Crippen molar-refractivity contribution < 1.29 is 0 Å². The van der Waals surface area contributed by atoms with E-state index >= 15 is 0 Å². The first kappa shape index (κ1) is 10.2. The second-order valence-corrected chi connectivity index (χ2v) is 5.61. The van der Waals surface area contributed by atoms with Gasteiger partial charge < -0.3 is 0 Å². The van der Waals surface area contributed by atoms with Crippen LogP contribution in [0.1, 0.15) is 5.82 Å². The summed E-state index contributed by atoms with van der Waals surface area (Å²) in [5, 5.41) is 0.710.